The Hall–Kier alpha value is -7.10. The van der Waals surface area contributed by atoms with Crippen LogP contribution in [0.1, 0.15) is 43.2 Å². The summed E-state index contributed by atoms with van der Waals surface area (Å²) in [5.74, 6) is 3.37. The minimum Gasteiger partial charge on any atom is -0.228 e. The van der Waals surface area contributed by atoms with Gasteiger partial charge >= 0.3 is 0 Å². The maximum atomic E-state index is 9.42. The Morgan fingerprint density at radius 1 is 0.421 bits per heavy atom. The number of nitrogens with zero attached hydrogens (tertiary/aromatic N) is 6. The minimum absolute atomic E-state index is 0.345. The van der Waals surface area contributed by atoms with Gasteiger partial charge in [-0.05, 0) is 84.4 Å². The molecule has 2 fully saturated rings. The second-order valence-corrected chi connectivity index (χ2v) is 15.4. The third-order valence-electron chi connectivity index (χ3n) is 11.8. The summed E-state index contributed by atoms with van der Waals surface area (Å²) in [6.45, 7) is 0. The Kier molecular flexibility index (Phi) is 8.76. The van der Waals surface area contributed by atoms with Crippen LogP contribution in [0.15, 0.2) is 164 Å². The smallest absolute Gasteiger partial charge is 0.164 e. The average molecular weight is 735 g/mol. The molecule has 2 heterocycles. The maximum Gasteiger partial charge on any atom is 0.164 e. The highest BCUT2D eigenvalue weighted by molar-refractivity contribution is 5.76. The predicted molar refractivity (Wildman–Crippen MR) is 226 cm³/mol. The molecule has 2 aliphatic carbocycles. The number of hydrogen-bond acceptors (Lipinski definition) is 6. The fraction of sp³-hybridized carbons (Fsp3) is 0.137. The second-order valence-electron chi connectivity index (χ2n) is 15.4. The lowest BCUT2D eigenvalue weighted by Crippen LogP contribution is -2.19. The fourth-order valence-corrected chi connectivity index (χ4v) is 8.80. The first-order valence-corrected chi connectivity index (χ1v) is 19.7. The van der Waals surface area contributed by atoms with Crippen molar-refractivity contribution in [3.8, 4) is 85.3 Å². The summed E-state index contributed by atoms with van der Waals surface area (Å²) in [6, 6.07) is 57.7. The largest absolute Gasteiger partial charge is 0.228 e. The molecule has 0 aliphatic heterocycles. The van der Waals surface area contributed by atoms with Gasteiger partial charge < -0.3 is 0 Å². The van der Waals surface area contributed by atoms with Crippen molar-refractivity contribution in [2.24, 2.45) is 5.92 Å². The molecule has 6 heteroatoms. The van der Waals surface area contributed by atoms with E-state index in [0.717, 1.165) is 61.8 Å². The minimum atomic E-state index is 0.345. The van der Waals surface area contributed by atoms with Gasteiger partial charge in [0.15, 0.2) is 23.3 Å². The van der Waals surface area contributed by atoms with E-state index in [1.165, 1.54) is 37.7 Å². The lowest BCUT2D eigenvalue weighted by atomic mass is 9.77. The van der Waals surface area contributed by atoms with Crippen LogP contribution in [-0.2, 0) is 5.41 Å². The lowest BCUT2D eigenvalue weighted by Gasteiger charge is -2.27. The molecule has 6 nitrogen and oxygen atoms in total. The summed E-state index contributed by atoms with van der Waals surface area (Å²) in [5, 5.41) is 9.42. The molecular formula is C51H38N6. The Bertz CT molecular complexity index is 2760. The predicted octanol–water partition coefficient (Wildman–Crippen LogP) is 12.0. The highest BCUT2D eigenvalue weighted by atomic mass is 15.0. The molecule has 0 N–H and O–H groups in total. The average Bonchev–Trinajstić information content (AvgIpc) is 3.93. The summed E-state index contributed by atoms with van der Waals surface area (Å²) in [4.78, 5) is 25.4. The molecule has 57 heavy (non-hydrogen) atoms. The monoisotopic (exact) mass is 734 g/mol. The Morgan fingerprint density at radius 2 is 0.895 bits per heavy atom. The summed E-state index contributed by atoms with van der Waals surface area (Å²) < 4.78 is 0. The molecule has 2 aromatic heterocycles. The van der Waals surface area contributed by atoms with E-state index < -0.39 is 0 Å². The summed E-state index contributed by atoms with van der Waals surface area (Å²) in [5.41, 5.74) is 11.7. The molecule has 6 aromatic carbocycles. The van der Waals surface area contributed by atoms with Crippen LogP contribution >= 0.6 is 0 Å². The van der Waals surface area contributed by atoms with Gasteiger partial charge in [0.2, 0.25) is 0 Å². The van der Waals surface area contributed by atoms with Crippen LogP contribution in [0, 0.1) is 17.2 Å². The van der Waals surface area contributed by atoms with Crippen LogP contribution in [0.4, 0.5) is 0 Å². The zero-order valence-electron chi connectivity index (χ0n) is 31.4. The highest BCUT2D eigenvalue weighted by Crippen LogP contribution is 2.55. The maximum absolute atomic E-state index is 9.42. The van der Waals surface area contributed by atoms with Gasteiger partial charge in [0.1, 0.15) is 0 Å². The van der Waals surface area contributed by atoms with E-state index in [9.17, 15) is 5.26 Å². The Labute approximate surface area is 332 Å². The number of aromatic nitrogens is 5. The Balaban J connectivity index is 1.04. The second kappa shape index (κ2) is 14.5. The van der Waals surface area contributed by atoms with Gasteiger partial charge in [-0.3, -0.25) is 0 Å². The van der Waals surface area contributed by atoms with Crippen molar-refractivity contribution >= 4 is 0 Å². The third kappa shape index (κ3) is 6.79. The number of hydrogen-bond donors (Lipinski definition) is 0. The van der Waals surface area contributed by atoms with Crippen molar-refractivity contribution in [1.82, 2.24) is 24.9 Å². The summed E-state index contributed by atoms with van der Waals surface area (Å²) in [7, 11) is 0. The van der Waals surface area contributed by atoms with Crippen molar-refractivity contribution in [2.45, 2.75) is 37.5 Å². The molecule has 2 saturated carbocycles. The number of benzene rings is 6. The number of rotatable bonds is 8. The molecule has 0 atom stereocenters. The van der Waals surface area contributed by atoms with Gasteiger partial charge in [0.05, 0.1) is 23.0 Å². The van der Waals surface area contributed by atoms with Crippen molar-refractivity contribution < 1.29 is 0 Å². The molecule has 0 saturated heterocycles. The molecule has 0 unspecified atom stereocenters. The highest BCUT2D eigenvalue weighted by Gasteiger charge is 2.45. The van der Waals surface area contributed by atoms with E-state index in [1.807, 2.05) is 97.1 Å². The zero-order chi connectivity index (χ0) is 38.2. The van der Waals surface area contributed by atoms with Crippen LogP contribution in [0.5, 0.6) is 0 Å². The SMILES string of the molecule is N#Cc1cccc(-c2ccc(-c3cc(-c4ccccc4)nc(-c4cccc(-c5nc(-c6ccccc6)nc(-c6ccc(C78CCC(CC7)C8)cc6)n5)c4)n3)cc2)c1. The van der Waals surface area contributed by atoms with Crippen LogP contribution < -0.4 is 0 Å². The van der Waals surface area contributed by atoms with E-state index in [0.29, 0.717) is 34.3 Å². The van der Waals surface area contributed by atoms with Gasteiger partial charge in [-0.25, -0.2) is 24.9 Å². The summed E-state index contributed by atoms with van der Waals surface area (Å²) in [6.07, 6.45) is 6.63. The van der Waals surface area contributed by atoms with Crippen LogP contribution in [0.25, 0.3) is 79.2 Å². The van der Waals surface area contributed by atoms with Gasteiger partial charge in [-0.1, -0.05) is 140 Å². The standard InChI is InChI=1S/C51H38N6/c52-33-35-9-7-14-41(29-35)36-17-19-38(20-18-36)46-31-45(37-10-3-1-4-11-37)53-49(54-46)42-15-8-16-43(30-42)50-56-47(39-12-5-2-6-13-39)55-48(57-50)40-21-23-44(24-22-40)51-27-25-34(32-51)26-28-51/h1-24,29-31,34H,25-28,32H2. The Morgan fingerprint density at radius 3 is 1.49 bits per heavy atom. The molecule has 0 amide bonds. The first-order chi connectivity index (χ1) is 28.1. The van der Waals surface area contributed by atoms with Crippen LogP contribution in [0.3, 0.4) is 0 Å². The fourth-order valence-electron chi connectivity index (χ4n) is 8.80. The van der Waals surface area contributed by atoms with Gasteiger partial charge in [-0.2, -0.15) is 5.26 Å². The molecule has 0 radical (unpaired) electrons. The van der Waals surface area contributed by atoms with Crippen LogP contribution in [0.2, 0.25) is 0 Å². The van der Waals surface area contributed by atoms with Crippen molar-refractivity contribution in [2.75, 3.05) is 0 Å². The molecule has 2 bridgehead atoms. The van der Waals surface area contributed by atoms with Gasteiger partial charge in [-0.15, -0.1) is 0 Å². The lowest BCUT2D eigenvalue weighted by molar-refractivity contribution is 0.419. The molecule has 2 aliphatic rings. The molecule has 10 rings (SSSR count). The first-order valence-electron chi connectivity index (χ1n) is 19.7. The molecule has 8 aromatic rings. The van der Waals surface area contributed by atoms with Gasteiger partial charge in [0, 0.05) is 33.4 Å². The quantitative estimate of drug-likeness (QED) is 0.154. The van der Waals surface area contributed by atoms with E-state index in [2.05, 4.69) is 72.8 Å². The van der Waals surface area contributed by atoms with E-state index >= 15 is 0 Å². The van der Waals surface area contributed by atoms with Crippen LogP contribution in [-0.4, -0.2) is 24.9 Å². The first kappa shape index (κ1) is 34.4. The van der Waals surface area contributed by atoms with Crippen molar-refractivity contribution in [3.63, 3.8) is 0 Å². The zero-order valence-corrected chi connectivity index (χ0v) is 31.4. The molecule has 0 spiro atoms. The third-order valence-corrected chi connectivity index (χ3v) is 11.8. The normalized spacial score (nSPS) is 17.0. The molecule has 272 valence electrons. The topological polar surface area (TPSA) is 88.2 Å². The number of fused-ring (bicyclic) bond motifs is 2. The van der Waals surface area contributed by atoms with Crippen molar-refractivity contribution in [3.05, 3.63) is 175 Å². The van der Waals surface area contributed by atoms with Crippen molar-refractivity contribution in [1.29, 1.82) is 5.26 Å². The number of nitriles is 1. The molecular weight excluding hydrogens is 697 g/mol. The van der Waals surface area contributed by atoms with Gasteiger partial charge in [0.25, 0.3) is 0 Å². The van der Waals surface area contributed by atoms with E-state index in [-0.39, 0.29) is 0 Å². The summed E-state index contributed by atoms with van der Waals surface area (Å²) >= 11 is 0. The van der Waals surface area contributed by atoms with E-state index in [4.69, 9.17) is 24.9 Å². The van der Waals surface area contributed by atoms with E-state index in [1.54, 1.807) is 0 Å².